The average Bonchev–Trinajstić information content (AvgIpc) is 2.85. The van der Waals surface area contributed by atoms with Gasteiger partial charge in [0.05, 0.1) is 19.3 Å². The van der Waals surface area contributed by atoms with Gasteiger partial charge in [0.1, 0.15) is 0 Å². The van der Waals surface area contributed by atoms with Crippen LogP contribution < -0.4 is 10.6 Å². The van der Waals surface area contributed by atoms with Gasteiger partial charge in [0.2, 0.25) is 0 Å². The minimum absolute atomic E-state index is 0.0267. The van der Waals surface area contributed by atoms with Crippen molar-refractivity contribution >= 4 is 12.0 Å². The number of nitrogens with zero attached hydrogens (tertiary/aromatic N) is 3. The first kappa shape index (κ1) is 16.7. The molecular formula is C9H11F4N5O3. The summed E-state index contributed by atoms with van der Waals surface area (Å²) in [6.07, 6.45) is -2.77. The normalized spacial score (nSPS) is 11.5. The Bertz CT molecular complexity index is 507. The first-order valence-corrected chi connectivity index (χ1v) is 5.53. The van der Waals surface area contributed by atoms with Crippen LogP contribution >= 0.6 is 0 Å². The number of carbonyl (C=O) groups excluding carboxylic acids is 1. The van der Waals surface area contributed by atoms with Gasteiger partial charge in [-0.2, -0.15) is 8.78 Å². The number of aromatic carboxylic acids is 1. The number of nitrogens with one attached hydrogen (secondary N) is 2. The molecule has 0 aliphatic heterocycles. The Hall–Kier alpha value is -2.40. The number of carbonyl (C=O) groups is 2. The maximum absolute atomic E-state index is 12.5. The molecular weight excluding hydrogens is 302 g/mol. The van der Waals surface area contributed by atoms with Crippen molar-refractivity contribution in [2.45, 2.75) is 18.9 Å². The number of carboxylic acids is 1. The second-order valence-corrected chi connectivity index (χ2v) is 3.84. The maximum atomic E-state index is 12.5. The third kappa shape index (κ3) is 5.24. The van der Waals surface area contributed by atoms with Gasteiger partial charge in [-0.05, 0) is 0 Å². The number of aromatic nitrogens is 3. The Balaban J connectivity index is 2.29. The van der Waals surface area contributed by atoms with Crippen LogP contribution in [0.25, 0.3) is 0 Å². The van der Waals surface area contributed by atoms with E-state index in [1.54, 1.807) is 5.32 Å². The van der Waals surface area contributed by atoms with Crippen molar-refractivity contribution in [3.05, 3.63) is 11.9 Å². The second kappa shape index (κ2) is 6.85. The van der Waals surface area contributed by atoms with Crippen LogP contribution in [-0.4, -0.2) is 57.5 Å². The van der Waals surface area contributed by atoms with Crippen LogP contribution in [-0.2, 0) is 6.54 Å². The number of carboxylic acid groups (broad SMARTS) is 1. The summed E-state index contributed by atoms with van der Waals surface area (Å²) in [4.78, 5) is 21.6. The van der Waals surface area contributed by atoms with E-state index in [0.717, 1.165) is 10.9 Å². The molecule has 0 bridgehead atoms. The van der Waals surface area contributed by atoms with Crippen LogP contribution in [0.5, 0.6) is 0 Å². The largest absolute Gasteiger partial charge is 0.476 e. The highest BCUT2D eigenvalue weighted by atomic mass is 19.3. The summed E-state index contributed by atoms with van der Waals surface area (Å²) in [5.41, 5.74) is -0.295. The lowest BCUT2D eigenvalue weighted by molar-refractivity contribution is -0.123. The molecule has 2 amide bonds. The van der Waals surface area contributed by atoms with E-state index in [4.69, 9.17) is 5.11 Å². The van der Waals surface area contributed by atoms with E-state index in [9.17, 15) is 27.2 Å². The van der Waals surface area contributed by atoms with Crippen molar-refractivity contribution in [3.8, 4) is 0 Å². The second-order valence-electron chi connectivity index (χ2n) is 3.84. The van der Waals surface area contributed by atoms with Gasteiger partial charge >= 0.3 is 24.3 Å². The SMILES string of the molecule is O=C(NCCn1cc(C(=O)O)nn1)NCC(F)(F)C(F)F. The minimum atomic E-state index is -4.31. The van der Waals surface area contributed by atoms with Crippen LogP contribution in [0.1, 0.15) is 10.5 Å². The minimum Gasteiger partial charge on any atom is -0.476 e. The van der Waals surface area contributed by atoms with Gasteiger partial charge in [-0.15, -0.1) is 5.10 Å². The van der Waals surface area contributed by atoms with E-state index in [-0.39, 0.29) is 18.8 Å². The molecule has 0 saturated carbocycles. The molecule has 0 fully saturated rings. The summed E-state index contributed by atoms with van der Waals surface area (Å²) < 4.78 is 49.7. The zero-order chi connectivity index (χ0) is 16.0. The molecule has 3 N–H and O–H groups in total. The quantitative estimate of drug-likeness (QED) is 0.622. The van der Waals surface area contributed by atoms with Crippen molar-refractivity contribution in [1.29, 1.82) is 0 Å². The van der Waals surface area contributed by atoms with Crippen LogP contribution in [0.3, 0.4) is 0 Å². The molecule has 1 aromatic heterocycles. The summed E-state index contributed by atoms with van der Waals surface area (Å²) in [7, 11) is 0. The summed E-state index contributed by atoms with van der Waals surface area (Å²) in [6.45, 7) is -1.56. The van der Waals surface area contributed by atoms with Crippen molar-refractivity contribution in [2.75, 3.05) is 13.1 Å². The molecule has 1 rings (SSSR count). The lowest BCUT2D eigenvalue weighted by atomic mass is 10.3. The zero-order valence-electron chi connectivity index (χ0n) is 10.4. The fourth-order valence-electron chi connectivity index (χ4n) is 1.13. The highest BCUT2D eigenvalue weighted by molar-refractivity contribution is 5.84. The molecule has 0 aliphatic carbocycles. The number of halogens is 4. The molecule has 1 heterocycles. The van der Waals surface area contributed by atoms with Crippen molar-refractivity contribution in [1.82, 2.24) is 25.6 Å². The van der Waals surface area contributed by atoms with E-state index >= 15 is 0 Å². The number of hydrogen-bond donors (Lipinski definition) is 3. The first-order valence-electron chi connectivity index (χ1n) is 5.53. The van der Waals surface area contributed by atoms with Gasteiger partial charge in [0.15, 0.2) is 5.69 Å². The monoisotopic (exact) mass is 313 g/mol. The van der Waals surface area contributed by atoms with Gasteiger partial charge in [0.25, 0.3) is 0 Å². The summed E-state index contributed by atoms with van der Waals surface area (Å²) in [5, 5.41) is 19.0. The summed E-state index contributed by atoms with van der Waals surface area (Å²) in [5.74, 6) is -5.58. The van der Waals surface area contributed by atoms with E-state index < -0.39 is 30.9 Å². The van der Waals surface area contributed by atoms with E-state index in [0.29, 0.717) is 0 Å². The highest BCUT2D eigenvalue weighted by Crippen LogP contribution is 2.21. The number of amides is 2. The average molecular weight is 313 g/mol. The summed E-state index contributed by atoms with van der Waals surface area (Å²) in [6, 6.07) is -1.06. The topological polar surface area (TPSA) is 109 Å². The Kier molecular flexibility index (Phi) is 5.44. The predicted molar refractivity (Wildman–Crippen MR) is 59.3 cm³/mol. The lowest BCUT2D eigenvalue weighted by Crippen LogP contribution is -2.45. The number of hydrogen-bond acceptors (Lipinski definition) is 4. The fraction of sp³-hybridized carbons (Fsp3) is 0.556. The molecule has 0 aromatic carbocycles. The van der Waals surface area contributed by atoms with Crippen LogP contribution in [0, 0.1) is 0 Å². The van der Waals surface area contributed by atoms with Gasteiger partial charge in [-0.3, -0.25) is 0 Å². The van der Waals surface area contributed by atoms with E-state index in [1.807, 2.05) is 0 Å². The van der Waals surface area contributed by atoms with Crippen molar-refractivity contribution in [3.63, 3.8) is 0 Å². The molecule has 12 heteroatoms. The van der Waals surface area contributed by atoms with Crippen molar-refractivity contribution < 1.29 is 32.3 Å². The molecule has 21 heavy (non-hydrogen) atoms. The predicted octanol–water partition coefficient (Wildman–Crippen LogP) is 0.176. The Morgan fingerprint density at radius 2 is 2.05 bits per heavy atom. The third-order valence-corrected chi connectivity index (χ3v) is 2.19. The van der Waals surface area contributed by atoms with Gasteiger partial charge in [0, 0.05) is 6.54 Å². The van der Waals surface area contributed by atoms with Crippen LogP contribution in [0.15, 0.2) is 6.20 Å². The highest BCUT2D eigenvalue weighted by Gasteiger charge is 2.40. The molecule has 0 aliphatic rings. The Labute approximate surface area is 115 Å². The van der Waals surface area contributed by atoms with E-state index in [1.165, 1.54) is 0 Å². The summed E-state index contributed by atoms with van der Waals surface area (Å²) >= 11 is 0. The van der Waals surface area contributed by atoms with Crippen molar-refractivity contribution in [2.24, 2.45) is 0 Å². The Morgan fingerprint density at radius 1 is 1.38 bits per heavy atom. The van der Waals surface area contributed by atoms with E-state index in [2.05, 4.69) is 15.6 Å². The van der Waals surface area contributed by atoms with Gasteiger partial charge in [-0.25, -0.2) is 23.1 Å². The van der Waals surface area contributed by atoms with Gasteiger partial charge in [-0.1, -0.05) is 5.21 Å². The smallest absolute Gasteiger partial charge is 0.358 e. The molecule has 0 spiro atoms. The first-order chi connectivity index (χ1) is 9.72. The number of rotatable bonds is 7. The maximum Gasteiger partial charge on any atom is 0.358 e. The lowest BCUT2D eigenvalue weighted by Gasteiger charge is -2.15. The number of alkyl halides is 4. The van der Waals surface area contributed by atoms with Crippen LogP contribution in [0.4, 0.5) is 22.4 Å². The standard InChI is InChI=1S/C9H11F4N5O3/c10-7(11)9(12,13)4-15-8(21)14-1-2-18-3-5(6(19)20)16-17-18/h3,7H,1-2,4H2,(H,19,20)(H2,14,15,21). The molecule has 0 atom stereocenters. The molecule has 1 aromatic rings. The third-order valence-electron chi connectivity index (χ3n) is 2.19. The molecule has 8 nitrogen and oxygen atoms in total. The fourth-order valence-corrected chi connectivity index (χ4v) is 1.13. The van der Waals surface area contributed by atoms with Crippen LogP contribution in [0.2, 0.25) is 0 Å². The molecule has 118 valence electrons. The molecule has 0 radical (unpaired) electrons. The van der Waals surface area contributed by atoms with Gasteiger partial charge < -0.3 is 15.7 Å². The molecule has 0 saturated heterocycles. The zero-order valence-corrected chi connectivity index (χ0v) is 10.4. The Morgan fingerprint density at radius 3 is 2.57 bits per heavy atom. The molecule has 0 unspecified atom stereocenters. The number of urea groups is 1.